The van der Waals surface area contributed by atoms with Crippen molar-refractivity contribution in [1.82, 2.24) is 0 Å². The zero-order valence-corrected chi connectivity index (χ0v) is 10.1. The molecule has 0 amide bonds. The first kappa shape index (κ1) is 15.7. The van der Waals surface area contributed by atoms with E-state index in [1.165, 1.54) is 6.07 Å². The van der Waals surface area contributed by atoms with Gasteiger partial charge in [0, 0.05) is 24.7 Å². The third-order valence-electron chi connectivity index (χ3n) is 2.39. The number of alkyl halides is 3. The number of nitro groups is 1. The van der Waals surface area contributed by atoms with Crippen LogP contribution in [0, 0.1) is 10.1 Å². The van der Waals surface area contributed by atoms with Crippen LogP contribution < -0.4 is 5.32 Å². The maximum atomic E-state index is 11.9. The minimum absolute atomic E-state index is 0.0247. The smallest absolute Gasteiger partial charge is 0.389 e. The molecule has 1 aromatic carbocycles. The molecule has 0 atom stereocenters. The summed E-state index contributed by atoms with van der Waals surface area (Å²) in [5.41, 5.74) is -0.891. The predicted molar refractivity (Wildman–Crippen MR) is 63.8 cm³/mol. The van der Waals surface area contributed by atoms with Gasteiger partial charge < -0.3 is 10.4 Å². The van der Waals surface area contributed by atoms with Gasteiger partial charge in [0.15, 0.2) is 0 Å². The number of aromatic carboxylic acids is 1. The maximum absolute atomic E-state index is 11.9. The number of nitrogens with zero attached hydrogens (tertiary/aromatic N) is 1. The maximum Gasteiger partial charge on any atom is 0.389 e. The van der Waals surface area contributed by atoms with Crippen LogP contribution in [0.2, 0.25) is 0 Å². The zero-order valence-electron chi connectivity index (χ0n) is 10.1. The van der Waals surface area contributed by atoms with E-state index in [2.05, 4.69) is 5.32 Å². The lowest BCUT2D eigenvalue weighted by molar-refractivity contribution is -0.385. The number of anilines is 1. The van der Waals surface area contributed by atoms with E-state index in [1.54, 1.807) is 0 Å². The number of hydrogen-bond donors (Lipinski definition) is 2. The number of halogens is 3. The Morgan fingerprint density at radius 3 is 2.55 bits per heavy atom. The third-order valence-corrected chi connectivity index (χ3v) is 2.39. The molecule has 110 valence electrons. The van der Waals surface area contributed by atoms with Gasteiger partial charge in [-0.15, -0.1) is 0 Å². The summed E-state index contributed by atoms with van der Waals surface area (Å²) in [4.78, 5) is 20.6. The fourth-order valence-electron chi connectivity index (χ4n) is 1.50. The number of benzene rings is 1. The Kier molecular flexibility index (Phi) is 4.89. The van der Waals surface area contributed by atoms with Crippen molar-refractivity contribution in [3.05, 3.63) is 33.9 Å². The topological polar surface area (TPSA) is 92.5 Å². The fourth-order valence-corrected chi connectivity index (χ4v) is 1.50. The van der Waals surface area contributed by atoms with Gasteiger partial charge in [-0.1, -0.05) is 0 Å². The lowest BCUT2D eigenvalue weighted by Gasteiger charge is -2.08. The molecule has 0 heterocycles. The number of rotatable bonds is 6. The van der Waals surface area contributed by atoms with E-state index < -0.39 is 34.7 Å². The number of nitrogens with one attached hydrogen (secondary N) is 1. The average Bonchev–Trinajstić information content (AvgIpc) is 2.33. The van der Waals surface area contributed by atoms with E-state index in [9.17, 15) is 28.1 Å². The summed E-state index contributed by atoms with van der Waals surface area (Å²) in [5, 5.41) is 22.0. The van der Waals surface area contributed by atoms with Crippen molar-refractivity contribution in [2.75, 3.05) is 11.9 Å². The number of carbonyl (C=O) groups is 1. The predicted octanol–water partition coefficient (Wildman–Crippen LogP) is 3.05. The SMILES string of the molecule is O=C(O)c1ccc(NCCCC(F)(F)F)cc1[N+](=O)[O-]. The lowest BCUT2D eigenvalue weighted by Crippen LogP contribution is -2.11. The fraction of sp³-hybridized carbons (Fsp3) is 0.364. The van der Waals surface area contributed by atoms with Gasteiger partial charge in [-0.2, -0.15) is 13.2 Å². The second kappa shape index (κ2) is 6.22. The number of hydrogen-bond acceptors (Lipinski definition) is 4. The lowest BCUT2D eigenvalue weighted by atomic mass is 10.1. The van der Waals surface area contributed by atoms with Crippen LogP contribution in [0.1, 0.15) is 23.2 Å². The molecule has 6 nitrogen and oxygen atoms in total. The van der Waals surface area contributed by atoms with Crippen molar-refractivity contribution in [2.24, 2.45) is 0 Å². The summed E-state index contributed by atoms with van der Waals surface area (Å²) in [6.07, 6.45) is -5.39. The molecule has 0 unspecified atom stereocenters. The van der Waals surface area contributed by atoms with E-state index >= 15 is 0 Å². The Labute approximate surface area is 111 Å². The van der Waals surface area contributed by atoms with Crippen molar-refractivity contribution in [2.45, 2.75) is 19.0 Å². The molecule has 2 N–H and O–H groups in total. The van der Waals surface area contributed by atoms with Gasteiger partial charge in [-0.25, -0.2) is 4.79 Å². The Bertz CT molecular complexity index is 517. The highest BCUT2D eigenvalue weighted by molar-refractivity contribution is 5.93. The van der Waals surface area contributed by atoms with E-state index in [4.69, 9.17) is 5.11 Å². The minimum atomic E-state index is -4.25. The van der Waals surface area contributed by atoms with E-state index in [0.717, 1.165) is 12.1 Å². The molecule has 20 heavy (non-hydrogen) atoms. The average molecular weight is 292 g/mol. The van der Waals surface area contributed by atoms with Crippen LogP contribution in [-0.4, -0.2) is 28.7 Å². The Morgan fingerprint density at radius 1 is 1.40 bits per heavy atom. The van der Waals surface area contributed by atoms with Gasteiger partial charge in [0.05, 0.1) is 4.92 Å². The molecule has 0 fully saturated rings. The van der Waals surface area contributed by atoms with Gasteiger partial charge in [0.1, 0.15) is 5.56 Å². The molecule has 0 bridgehead atoms. The van der Waals surface area contributed by atoms with Crippen LogP contribution in [0.25, 0.3) is 0 Å². The Balaban J connectivity index is 2.71. The first-order valence-corrected chi connectivity index (χ1v) is 5.53. The normalized spacial score (nSPS) is 11.2. The van der Waals surface area contributed by atoms with Gasteiger partial charge >= 0.3 is 12.1 Å². The summed E-state index contributed by atoms with van der Waals surface area (Å²) in [6, 6.07) is 3.29. The van der Waals surface area contributed by atoms with Crippen LogP contribution >= 0.6 is 0 Å². The second-order valence-corrected chi connectivity index (χ2v) is 3.94. The first-order chi connectivity index (χ1) is 9.20. The Morgan fingerprint density at radius 2 is 2.05 bits per heavy atom. The van der Waals surface area contributed by atoms with Gasteiger partial charge in [-0.3, -0.25) is 10.1 Å². The third kappa shape index (κ3) is 4.75. The number of nitro benzene ring substituents is 1. The number of carboxylic acid groups (broad SMARTS) is 1. The summed E-state index contributed by atoms with van der Waals surface area (Å²) >= 11 is 0. The molecular weight excluding hydrogens is 281 g/mol. The highest BCUT2D eigenvalue weighted by Gasteiger charge is 2.26. The van der Waals surface area contributed by atoms with Gasteiger partial charge in [-0.05, 0) is 18.6 Å². The highest BCUT2D eigenvalue weighted by atomic mass is 19.4. The highest BCUT2D eigenvalue weighted by Crippen LogP contribution is 2.24. The van der Waals surface area contributed by atoms with Crippen molar-refractivity contribution in [3.63, 3.8) is 0 Å². The van der Waals surface area contributed by atoms with Gasteiger partial charge in [0.25, 0.3) is 5.69 Å². The molecule has 1 aromatic rings. The summed E-state index contributed by atoms with van der Waals surface area (Å²) < 4.78 is 35.7. The first-order valence-electron chi connectivity index (χ1n) is 5.53. The van der Waals surface area contributed by atoms with Crippen molar-refractivity contribution < 1.29 is 28.0 Å². The molecule has 0 aliphatic carbocycles. The molecule has 0 aliphatic heterocycles. The molecule has 0 saturated carbocycles. The van der Waals surface area contributed by atoms with E-state index in [-0.39, 0.29) is 18.7 Å². The quantitative estimate of drug-likeness (QED) is 0.477. The molecule has 0 spiro atoms. The Hall–Kier alpha value is -2.32. The molecule has 1 rings (SSSR count). The second-order valence-electron chi connectivity index (χ2n) is 3.94. The summed E-state index contributed by atoms with van der Waals surface area (Å²) in [7, 11) is 0. The zero-order chi connectivity index (χ0) is 15.3. The molecule has 0 aromatic heterocycles. The molecular formula is C11H11F3N2O4. The van der Waals surface area contributed by atoms with Crippen molar-refractivity contribution >= 4 is 17.3 Å². The van der Waals surface area contributed by atoms with E-state index in [1.807, 2.05) is 0 Å². The summed E-state index contributed by atoms with van der Waals surface area (Å²) in [6.45, 7) is -0.0247. The minimum Gasteiger partial charge on any atom is -0.477 e. The number of carboxylic acids is 1. The van der Waals surface area contributed by atoms with Crippen LogP contribution in [0.5, 0.6) is 0 Å². The van der Waals surface area contributed by atoms with E-state index in [0.29, 0.717) is 0 Å². The van der Waals surface area contributed by atoms with Crippen LogP contribution in [0.15, 0.2) is 18.2 Å². The molecule has 0 aliphatic rings. The van der Waals surface area contributed by atoms with Crippen LogP contribution in [0.3, 0.4) is 0 Å². The van der Waals surface area contributed by atoms with Crippen molar-refractivity contribution in [1.29, 1.82) is 0 Å². The van der Waals surface area contributed by atoms with Gasteiger partial charge in [0.2, 0.25) is 0 Å². The molecule has 0 saturated heterocycles. The molecule has 9 heteroatoms. The monoisotopic (exact) mass is 292 g/mol. The standard InChI is InChI=1S/C11H11F3N2O4/c12-11(13,14)4-1-5-15-7-2-3-8(10(17)18)9(6-7)16(19)20/h2-3,6,15H,1,4-5H2,(H,17,18). The van der Waals surface area contributed by atoms with Crippen LogP contribution in [0.4, 0.5) is 24.5 Å². The van der Waals surface area contributed by atoms with Crippen LogP contribution in [-0.2, 0) is 0 Å². The largest absolute Gasteiger partial charge is 0.477 e. The molecule has 0 radical (unpaired) electrons. The summed E-state index contributed by atoms with van der Waals surface area (Å²) in [5.74, 6) is -1.44. The van der Waals surface area contributed by atoms with Crippen molar-refractivity contribution in [3.8, 4) is 0 Å².